The molecule has 2 aromatic heterocycles. The average Bonchev–Trinajstić information content (AvgIpc) is 3.50. The van der Waals surface area contributed by atoms with E-state index in [1.54, 1.807) is 0 Å². The van der Waals surface area contributed by atoms with E-state index in [-0.39, 0.29) is 5.91 Å². The number of nitrogens with zero attached hydrogens (tertiary/aromatic N) is 3. The third-order valence-corrected chi connectivity index (χ3v) is 4.68. The third kappa shape index (κ3) is 3.67. The standard InChI is InChI=1S/C21H22N4O/c1-25(13-11-15-6-4-5-12-22-15)20-14-18(21(26)23-16-9-10-16)17-7-2-3-8-19(17)24-20/h2-8,12,14,16H,9-11,13H2,1H3,(H,23,26). The molecule has 5 nitrogen and oxygen atoms in total. The summed E-state index contributed by atoms with van der Waals surface area (Å²) in [5, 5.41) is 3.99. The topological polar surface area (TPSA) is 58.1 Å². The zero-order chi connectivity index (χ0) is 17.9. The summed E-state index contributed by atoms with van der Waals surface area (Å²) >= 11 is 0. The predicted octanol–water partition coefficient (Wildman–Crippen LogP) is 3.20. The Bertz CT molecular complexity index is 922. The van der Waals surface area contributed by atoms with Gasteiger partial charge in [-0.15, -0.1) is 0 Å². The zero-order valence-corrected chi connectivity index (χ0v) is 14.9. The first-order valence-electron chi connectivity index (χ1n) is 9.02. The van der Waals surface area contributed by atoms with E-state index in [4.69, 9.17) is 4.98 Å². The van der Waals surface area contributed by atoms with E-state index in [0.29, 0.717) is 11.6 Å². The van der Waals surface area contributed by atoms with Crippen LogP contribution in [0.25, 0.3) is 10.9 Å². The van der Waals surface area contributed by atoms with Crippen LogP contribution in [0.3, 0.4) is 0 Å². The Morgan fingerprint density at radius 3 is 2.77 bits per heavy atom. The van der Waals surface area contributed by atoms with E-state index in [1.165, 1.54) is 0 Å². The number of aromatic nitrogens is 2. The molecule has 1 N–H and O–H groups in total. The molecule has 5 heteroatoms. The average molecular weight is 346 g/mol. The van der Waals surface area contributed by atoms with Crippen LogP contribution in [-0.2, 0) is 6.42 Å². The summed E-state index contributed by atoms with van der Waals surface area (Å²) in [4.78, 5) is 23.9. The highest BCUT2D eigenvalue weighted by Crippen LogP contribution is 2.25. The van der Waals surface area contributed by atoms with Gasteiger partial charge in [0.25, 0.3) is 5.91 Å². The Kier molecular flexibility index (Phi) is 4.52. The lowest BCUT2D eigenvalue weighted by atomic mass is 10.1. The van der Waals surface area contributed by atoms with Crippen molar-refractivity contribution < 1.29 is 4.79 Å². The minimum absolute atomic E-state index is 0.00882. The fraction of sp³-hybridized carbons (Fsp3) is 0.286. The Hall–Kier alpha value is -2.95. The molecular formula is C21H22N4O. The fourth-order valence-electron chi connectivity index (χ4n) is 2.98. The lowest BCUT2D eigenvalue weighted by molar-refractivity contribution is 0.0952. The van der Waals surface area contributed by atoms with Crippen molar-refractivity contribution >= 4 is 22.6 Å². The number of amides is 1. The molecule has 0 spiro atoms. The summed E-state index contributed by atoms with van der Waals surface area (Å²) in [7, 11) is 2.00. The number of hydrogen-bond donors (Lipinski definition) is 1. The van der Waals surface area contributed by atoms with Gasteiger partial charge in [-0.3, -0.25) is 9.78 Å². The van der Waals surface area contributed by atoms with Crippen LogP contribution in [0.5, 0.6) is 0 Å². The van der Waals surface area contributed by atoms with Gasteiger partial charge in [-0.25, -0.2) is 4.98 Å². The number of nitrogens with one attached hydrogen (secondary N) is 1. The number of anilines is 1. The first-order valence-corrected chi connectivity index (χ1v) is 9.02. The molecule has 132 valence electrons. The number of rotatable bonds is 6. The summed E-state index contributed by atoms with van der Waals surface area (Å²) in [5.41, 5.74) is 2.59. The largest absolute Gasteiger partial charge is 0.359 e. The van der Waals surface area contributed by atoms with E-state index >= 15 is 0 Å². The Labute approximate surface area is 153 Å². The van der Waals surface area contributed by atoms with Crippen LogP contribution < -0.4 is 10.2 Å². The van der Waals surface area contributed by atoms with Crippen molar-refractivity contribution in [1.82, 2.24) is 15.3 Å². The number of carbonyl (C=O) groups excluding carboxylic acids is 1. The first-order chi connectivity index (χ1) is 12.7. The van der Waals surface area contributed by atoms with E-state index in [9.17, 15) is 4.79 Å². The molecule has 1 fully saturated rings. The predicted molar refractivity (Wildman–Crippen MR) is 103 cm³/mol. The van der Waals surface area contributed by atoms with Crippen LogP contribution in [0.4, 0.5) is 5.82 Å². The molecule has 0 bridgehead atoms. The van der Waals surface area contributed by atoms with Gasteiger partial charge >= 0.3 is 0 Å². The van der Waals surface area contributed by atoms with Gasteiger partial charge in [-0.1, -0.05) is 24.3 Å². The molecule has 1 amide bonds. The van der Waals surface area contributed by atoms with Crippen LogP contribution in [-0.4, -0.2) is 35.5 Å². The van der Waals surface area contributed by atoms with Gasteiger partial charge in [-0.2, -0.15) is 0 Å². The summed E-state index contributed by atoms with van der Waals surface area (Å²) in [5.74, 6) is 0.797. The maximum Gasteiger partial charge on any atom is 0.252 e. The van der Waals surface area contributed by atoms with Crippen molar-refractivity contribution in [3.63, 3.8) is 0 Å². The normalized spacial score (nSPS) is 13.6. The number of benzene rings is 1. The molecule has 26 heavy (non-hydrogen) atoms. The molecule has 0 saturated heterocycles. The summed E-state index contributed by atoms with van der Waals surface area (Å²) < 4.78 is 0. The molecule has 1 aliphatic rings. The minimum Gasteiger partial charge on any atom is -0.359 e. The van der Waals surface area contributed by atoms with Gasteiger partial charge in [0.1, 0.15) is 5.82 Å². The fourth-order valence-corrected chi connectivity index (χ4v) is 2.98. The minimum atomic E-state index is -0.00882. The molecular weight excluding hydrogens is 324 g/mol. The molecule has 0 atom stereocenters. The van der Waals surface area contributed by atoms with E-state index in [0.717, 1.165) is 48.2 Å². The quantitative estimate of drug-likeness (QED) is 0.745. The second kappa shape index (κ2) is 7.12. The van der Waals surface area contributed by atoms with Crippen LogP contribution in [0.2, 0.25) is 0 Å². The van der Waals surface area contributed by atoms with Gasteiger partial charge in [0, 0.05) is 43.3 Å². The first kappa shape index (κ1) is 16.5. The maximum absolute atomic E-state index is 12.7. The number of fused-ring (bicyclic) bond motifs is 1. The smallest absolute Gasteiger partial charge is 0.252 e. The Balaban J connectivity index is 1.60. The van der Waals surface area contributed by atoms with E-state index < -0.39 is 0 Å². The number of hydrogen-bond acceptors (Lipinski definition) is 4. The molecule has 0 unspecified atom stereocenters. The van der Waals surface area contributed by atoms with Crippen molar-refractivity contribution in [2.45, 2.75) is 25.3 Å². The van der Waals surface area contributed by atoms with Gasteiger partial charge < -0.3 is 10.2 Å². The van der Waals surface area contributed by atoms with Crippen LogP contribution in [0.1, 0.15) is 28.9 Å². The van der Waals surface area contributed by atoms with Crippen molar-refractivity contribution in [2.75, 3.05) is 18.5 Å². The lowest BCUT2D eigenvalue weighted by Gasteiger charge is -2.20. The number of likely N-dealkylation sites (N-methyl/N-ethyl adjacent to an activating group) is 1. The van der Waals surface area contributed by atoms with Gasteiger partial charge in [0.05, 0.1) is 11.1 Å². The summed E-state index contributed by atoms with van der Waals surface area (Å²) in [6.07, 6.45) is 4.79. The van der Waals surface area contributed by atoms with E-state index in [2.05, 4.69) is 15.2 Å². The summed E-state index contributed by atoms with van der Waals surface area (Å²) in [6.45, 7) is 0.784. The molecule has 4 rings (SSSR count). The second-order valence-corrected chi connectivity index (χ2v) is 6.79. The Morgan fingerprint density at radius 1 is 1.19 bits per heavy atom. The van der Waals surface area contributed by atoms with Crippen molar-refractivity contribution in [3.8, 4) is 0 Å². The Morgan fingerprint density at radius 2 is 2.00 bits per heavy atom. The van der Waals surface area contributed by atoms with Crippen LogP contribution in [0.15, 0.2) is 54.7 Å². The molecule has 1 saturated carbocycles. The van der Waals surface area contributed by atoms with Gasteiger partial charge in [0.2, 0.25) is 0 Å². The molecule has 2 heterocycles. The van der Waals surface area contributed by atoms with Crippen LogP contribution >= 0.6 is 0 Å². The number of pyridine rings is 2. The lowest BCUT2D eigenvalue weighted by Crippen LogP contribution is -2.27. The highest BCUT2D eigenvalue weighted by Gasteiger charge is 2.25. The number of carbonyl (C=O) groups is 1. The molecule has 0 radical (unpaired) electrons. The maximum atomic E-state index is 12.7. The molecule has 0 aliphatic heterocycles. The zero-order valence-electron chi connectivity index (χ0n) is 14.9. The monoisotopic (exact) mass is 346 g/mol. The van der Waals surface area contributed by atoms with Gasteiger partial charge in [0.15, 0.2) is 0 Å². The van der Waals surface area contributed by atoms with Gasteiger partial charge in [-0.05, 0) is 37.1 Å². The molecule has 1 aromatic carbocycles. The SMILES string of the molecule is CN(CCc1ccccn1)c1cc(C(=O)NC2CC2)c2ccccc2n1. The second-order valence-electron chi connectivity index (χ2n) is 6.79. The molecule has 1 aliphatic carbocycles. The molecule has 3 aromatic rings. The van der Waals surface area contributed by atoms with Crippen molar-refractivity contribution in [3.05, 3.63) is 66.0 Å². The van der Waals surface area contributed by atoms with Crippen LogP contribution in [0, 0.1) is 0 Å². The highest BCUT2D eigenvalue weighted by molar-refractivity contribution is 6.07. The summed E-state index contributed by atoms with van der Waals surface area (Å²) in [6, 6.07) is 16.0. The number of para-hydroxylation sites is 1. The third-order valence-electron chi connectivity index (χ3n) is 4.68. The van der Waals surface area contributed by atoms with Crippen molar-refractivity contribution in [1.29, 1.82) is 0 Å². The highest BCUT2D eigenvalue weighted by atomic mass is 16.1. The van der Waals surface area contributed by atoms with Crippen molar-refractivity contribution in [2.24, 2.45) is 0 Å². The van der Waals surface area contributed by atoms with E-state index in [1.807, 2.05) is 61.8 Å².